The van der Waals surface area contributed by atoms with Crippen molar-refractivity contribution in [3.63, 3.8) is 0 Å². The molecule has 2 unspecified atom stereocenters. The number of carbonyl (C=O) groups is 1. The Labute approximate surface area is 197 Å². The molecule has 5 rings (SSSR count). The van der Waals surface area contributed by atoms with Crippen LogP contribution in [-0.2, 0) is 21.1 Å². The maximum Gasteiger partial charge on any atom is 0.270 e. The van der Waals surface area contributed by atoms with Crippen LogP contribution in [0.25, 0.3) is 10.8 Å². The summed E-state index contributed by atoms with van der Waals surface area (Å²) in [5.41, 5.74) is 2.03. The Kier molecular flexibility index (Phi) is 5.13. The van der Waals surface area contributed by atoms with Crippen molar-refractivity contribution in [2.45, 2.75) is 64.1 Å². The molecule has 2 atom stereocenters. The van der Waals surface area contributed by atoms with Gasteiger partial charge < -0.3 is 15.0 Å². The van der Waals surface area contributed by atoms with Crippen LogP contribution in [0.15, 0.2) is 36.4 Å². The number of aryl methyl sites for hydroxylation is 1. The third kappa shape index (κ3) is 3.52. The Morgan fingerprint density at radius 1 is 1.21 bits per heavy atom. The topological polar surface area (TPSA) is 67.3 Å². The summed E-state index contributed by atoms with van der Waals surface area (Å²) >= 11 is 0. The number of carbonyl (C=O) groups excluding carboxylic acids is 1. The molecule has 1 aliphatic heterocycles. The van der Waals surface area contributed by atoms with E-state index in [2.05, 4.69) is 15.5 Å². The number of halogens is 2. The summed E-state index contributed by atoms with van der Waals surface area (Å²) in [5, 5.41) is 13.8. The van der Waals surface area contributed by atoms with Crippen molar-refractivity contribution in [1.29, 1.82) is 0 Å². The monoisotopic (exact) mass is 466 g/mol. The van der Waals surface area contributed by atoms with Crippen LogP contribution in [0.5, 0.6) is 0 Å². The number of benzene rings is 2. The van der Waals surface area contributed by atoms with Crippen molar-refractivity contribution in [2.75, 3.05) is 17.3 Å². The van der Waals surface area contributed by atoms with E-state index in [9.17, 15) is 13.6 Å². The predicted molar refractivity (Wildman–Crippen MR) is 127 cm³/mol. The average Bonchev–Trinajstić information content (AvgIpc) is 3.61. The summed E-state index contributed by atoms with van der Waals surface area (Å²) in [6.45, 7) is 6.48. The molecule has 6 nitrogen and oxygen atoms in total. The molecule has 1 aliphatic carbocycles. The number of hydrogen-bond donors (Lipinski definition) is 1. The number of nitrogens with one attached hydrogen (secondary N) is 1. The molecule has 0 saturated heterocycles. The summed E-state index contributed by atoms with van der Waals surface area (Å²) in [6.07, 6.45) is 1.94. The van der Waals surface area contributed by atoms with Crippen LogP contribution in [0.3, 0.4) is 0 Å². The van der Waals surface area contributed by atoms with E-state index in [1.54, 1.807) is 13.2 Å². The molecule has 1 aromatic heterocycles. The fourth-order valence-corrected chi connectivity index (χ4v) is 4.72. The third-order valence-corrected chi connectivity index (χ3v) is 7.05. The third-order valence-electron chi connectivity index (χ3n) is 7.05. The standard InChI is InChI=1S/C26H28F2N4O2/c1-14(16-7-6-8-17(11-16)26(4,27)28)29-23-20-13-22-21(12-19(20)15(2)30-31-23)25(3,34-5)24(33)32(22)18-9-10-18/h6-8,11-14,18H,9-10H2,1-5H3,(H,29,31). The van der Waals surface area contributed by atoms with E-state index in [0.29, 0.717) is 5.82 Å². The van der Waals surface area contributed by atoms with Crippen molar-refractivity contribution >= 4 is 28.2 Å². The van der Waals surface area contributed by atoms with Crippen molar-refractivity contribution in [3.05, 3.63) is 58.8 Å². The molecule has 1 saturated carbocycles. The maximum atomic E-state index is 13.9. The van der Waals surface area contributed by atoms with E-state index in [1.807, 2.05) is 43.9 Å². The minimum absolute atomic E-state index is 0.0336. The van der Waals surface area contributed by atoms with Gasteiger partial charge in [-0.3, -0.25) is 4.79 Å². The lowest BCUT2D eigenvalue weighted by atomic mass is 9.94. The molecule has 178 valence electrons. The van der Waals surface area contributed by atoms with Crippen LogP contribution in [0.2, 0.25) is 0 Å². The van der Waals surface area contributed by atoms with E-state index < -0.39 is 11.5 Å². The summed E-state index contributed by atoms with van der Waals surface area (Å²) in [5.74, 6) is -2.43. The molecular formula is C26H28F2N4O2. The molecule has 0 radical (unpaired) electrons. The van der Waals surface area contributed by atoms with Crippen LogP contribution >= 0.6 is 0 Å². The molecule has 1 amide bonds. The van der Waals surface area contributed by atoms with Gasteiger partial charge in [0, 0.05) is 42.0 Å². The van der Waals surface area contributed by atoms with Crippen LogP contribution in [-0.4, -0.2) is 29.3 Å². The normalized spacial score (nSPS) is 21.1. The van der Waals surface area contributed by atoms with E-state index >= 15 is 0 Å². The van der Waals surface area contributed by atoms with Gasteiger partial charge in [-0.05, 0) is 57.4 Å². The zero-order chi connectivity index (χ0) is 24.4. The molecule has 2 heterocycles. The van der Waals surface area contributed by atoms with Crippen molar-refractivity contribution in [2.24, 2.45) is 0 Å². The van der Waals surface area contributed by atoms with E-state index in [4.69, 9.17) is 4.74 Å². The second-order valence-electron chi connectivity index (χ2n) is 9.57. The number of fused-ring (bicyclic) bond motifs is 2. The minimum Gasteiger partial charge on any atom is -0.364 e. The predicted octanol–water partition coefficient (Wildman–Crippen LogP) is 5.59. The molecule has 0 spiro atoms. The molecule has 34 heavy (non-hydrogen) atoms. The number of alkyl halides is 2. The van der Waals surface area contributed by atoms with E-state index in [0.717, 1.165) is 53.0 Å². The second-order valence-corrected chi connectivity index (χ2v) is 9.57. The lowest BCUT2D eigenvalue weighted by Crippen LogP contribution is -2.40. The fourth-order valence-electron chi connectivity index (χ4n) is 4.72. The molecule has 1 N–H and O–H groups in total. The first kappa shape index (κ1) is 22.7. The summed E-state index contributed by atoms with van der Waals surface area (Å²) in [7, 11) is 1.56. The number of ether oxygens (including phenoxy) is 1. The number of nitrogens with zero attached hydrogens (tertiary/aromatic N) is 3. The Balaban J connectivity index is 1.59. The first-order chi connectivity index (χ1) is 16.0. The largest absolute Gasteiger partial charge is 0.364 e. The van der Waals surface area contributed by atoms with Gasteiger partial charge in [-0.1, -0.05) is 18.2 Å². The van der Waals surface area contributed by atoms with Gasteiger partial charge in [-0.25, -0.2) is 8.78 Å². The smallest absolute Gasteiger partial charge is 0.270 e. The van der Waals surface area contributed by atoms with Gasteiger partial charge in [-0.2, -0.15) is 5.10 Å². The molecular weight excluding hydrogens is 438 g/mol. The number of methoxy groups -OCH3 is 1. The maximum absolute atomic E-state index is 13.9. The molecule has 2 aliphatic rings. The van der Waals surface area contributed by atoms with Gasteiger partial charge in [-0.15, -0.1) is 5.10 Å². The van der Waals surface area contributed by atoms with Crippen molar-refractivity contribution in [3.8, 4) is 0 Å². The Morgan fingerprint density at radius 3 is 2.59 bits per heavy atom. The van der Waals surface area contributed by atoms with E-state index in [-0.39, 0.29) is 23.6 Å². The second kappa shape index (κ2) is 7.70. The number of hydrogen-bond acceptors (Lipinski definition) is 5. The molecule has 3 aromatic rings. The quantitative estimate of drug-likeness (QED) is 0.513. The summed E-state index contributed by atoms with van der Waals surface area (Å²) in [6, 6.07) is 10.2. The lowest BCUT2D eigenvalue weighted by Gasteiger charge is -2.22. The fraction of sp³-hybridized carbons (Fsp3) is 0.423. The van der Waals surface area contributed by atoms with Crippen molar-refractivity contribution < 1.29 is 18.3 Å². The molecule has 1 fully saturated rings. The van der Waals surface area contributed by atoms with Crippen LogP contribution in [0.1, 0.15) is 62.0 Å². The highest BCUT2D eigenvalue weighted by Gasteiger charge is 2.52. The van der Waals surface area contributed by atoms with Gasteiger partial charge in [0.25, 0.3) is 11.8 Å². The summed E-state index contributed by atoms with van der Waals surface area (Å²) in [4.78, 5) is 15.2. The molecule has 0 bridgehead atoms. The van der Waals surface area contributed by atoms with Gasteiger partial charge >= 0.3 is 0 Å². The molecule has 2 aromatic carbocycles. The van der Waals surface area contributed by atoms with Gasteiger partial charge in [0.15, 0.2) is 11.4 Å². The van der Waals surface area contributed by atoms with Crippen LogP contribution < -0.4 is 10.2 Å². The Hall–Kier alpha value is -3.13. The van der Waals surface area contributed by atoms with Gasteiger partial charge in [0.05, 0.1) is 17.4 Å². The zero-order valence-corrected chi connectivity index (χ0v) is 19.9. The van der Waals surface area contributed by atoms with E-state index in [1.165, 1.54) is 12.1 Å². The number of amides is 1. The highest BCUT2D eigenvalue weighted by molar-refractivity contribution is 6.11. The highest BCUT2D eigenvalue weighted by atomic mass is 19.3. The minimum atomic E-state index is -2.92. The molecule has 8 heteroatoms. The SMILES string of the molecule is COC1(C)C(=O)N(C2CC2)c2cc3c(NC(C)c4cccc(C(C)(F)F)c4)nnc(C)c3cc21. The Morgan fingerprint density at radius 2 is 1.94 bits per heavy atom. The zero-order valence-electron chi connectivity index (χ0n) is 19.9. The highest BCUT2D eigenvalue weighted by Crippen LogP contribution is 2.49. The Bertz CT molecular complexity index is 1300. The van der Waals surface area contributed by atoms with Crippen molar-refractivity contribution in [1.82, 2.24) is 10.2 Å². The van der Waals surface area contributed by atoms with Crippen LogP contribution in [0.4, 0.5) is 20.3 Å². The lowest BCUT2D eigenvalue weighted by molar-refractivity contribution is -0.137. The summed E-state index contributed by atoms with van der Waals surface area (Å²) < 4.78 is 33.4. The van der Waals surface area contributed by atoms with Gasteiger partial charge in [0.2, 0.25) is 0 Å². The number of anilines is 2. The average molecular weight is 467 g/mol. The number of aromatic nitrogens is 2. The first-order valence-electron chi connectivity index (χ1n) is 11.5. The first-order valence-corrected chi connectivity index (χ1v) is 11.5. The van der Waals surface area contributed by atoms with Gasteiger partial charge in [0.1, 0.15) is 0 Å². The van der Waals surface area contributed by atoms with Crippen LogP contribution in [0, 0.1) is 6.92 Å². The number of rotatable bonds is 6.